The van der Waals surface area contributed by atoms with E-state index in [0.717, 1.165) is 19.4 Å². The molecule has 28 heavy (non-hydrogen) atoms. The van der Waals surface area contributed by atoms with Crippen LogP contribution < -0.4 is 16.0 Å². The van der Waals surface area contributed by atoms with Gasteiger partial charge in [-0.2, -0.15) is 0 Å². The van der Waals surface area contributed by atoms with E-state index in [4.69, 9.17) is 5.73 Å². The number of nitrogens with one attached hydrogen (secondary N) is 1. The highest BCUT2D eigenvalue weighted by molar-refractivity contribution is 6.05. The topological polar surface area (TPSA) is 131 Å². The van der Waals surface area contributed by atoms with Gasteiger partial charge in [0.2, 0.25) is 5.91 Å². The zero-order valence-corrected chi connectivity index (χ0v) is 15.4. The second-order valence-electron chi connectivity index (χ2n) is 6.75. The third-order valence-electron chi connectivity index (χ3n) is 4.90. The number of rotatable bonds is 5. The monoisotopic (exact) mass is 383 g/mol. The van der Waals surface area contributed by atoms with Gasteiger partial charge < -0.3 is 16.0 Å². The Morgan fingerprint density at radius 1 is 1.32 bits per heavy atom. The molecule has 2 aromatic rings. The number of nitro benzene ring substituents is 1. The Kier molecular flexibility index (Phi) is 5.53. The van der Waals surface area contributed by atoms with Crippen LogP contribution in [0.25, 0.3) is 0 Å². The van der Waals surface area contributed by atoms with Crippen molar-refractivity contribution in [1.82, 2.24) is 4.98 Å². The summed E-state index contributed by atoms with van der Waals surface area (Å²) >= 11 is 0. The lowest BCUT2D eigenvalue weighted by Crippen LogP contribution is -2.41. The highest BCUT2D eigenvalue weighted by Gasteiger charge is 2.24. The van der Waals surface area contributed by atoms with Crippen molar-refractivity contribution in [3.63, 3.8) is 0 Å². The maximum atomic E-state index is 12.5. The molecule has 146 valence electrons. The summed E-state index contributed by atoms with van der Waals surface area (Å²) in [6, 6.07) is 7.85. The van der Waals surface area contributed by atoms with Crippen molar-refractivity contribution in [2.75, 3.05) is 23.3 Å². The Labute approximate surface area is 161 Å². The Hall–Kier alpha value is -3.49. The van der Waals surface area contributed by atoms with Gasteiger partial charge in [0.15, 0.2) is 0 Å². The number of pyridine rings is 1. The normalized spacial score (nSPS) is 16.5. The number of nitrogens with two attached hydrogens (primary N) is 1. The maximum absolute atomic E-state index is 12.5. The van der Waals surface area contributed by atoms with Gasteiger partial charge in [-0.15, -0.1) is 0 Å². The third-order valence-corrected chi connectivity index (χ3v) is 4.90. The number of benzene rings is 1. The van der Waals surface area contributed by atoms with E-state index in [1.807, 2.05) is 4.90 Å². The van der Waals surface area contributed by atoms with E-state index < -0.39 is 10.8 Å². The molecule has 0 radical (unpaired) electrons. The largest absolute Gasteiger partial charge is 0.369 e. The molecule has 0 aliphatic carbocycles. The van der Waals surface area contributed by atoms with Gasteiger partial charge in [0.05, 0.1) is 22.7 Å². The van der Waals surface area contributed by atoms with E-state index in [0.29, 0.717) is 23.6 Å². The molecule has 1 fully saturated rings. The minimum Gasteiger partial charge on any atom is -0.369 e. The van der Waals surface area contributed by atoms with Crippen molar-refractivity contribution in [3.05, 3.63) is 57.8 Å². The number of aromatic nitrogens is 1. The van der Waals surface area contributed by atoms with Crippen LogP contribution >= 0.6 is 0 Å². The minimum atomic E-state index is -0.513. The highest BCUT2D eigenvalue weighted by Crippen LogP contribution is 2.24. The summed E-state index contributed by atoms with van der Waals surface area (Å²) in [5, 5.41) is 13.7. The first-order valence-corrected chi connectivity index (χ1v) is 8.92. The van der Waals surface area contributed by atoms with Gasteiger partial charge >= 0.3 is 0 Å². The number of hydrogen-bond donors (Lipinski definition) is 2. The molecule has 1 aromatic heterocycles. The molecule has 9 heteroatoms. The predicted molar refractivity (Wildman–Crippen MR) is 104 cm³/mol. The van der Waals surface area contributed by atoms with Crippen LogP contribution in [0.1, 0.15) is 28.8 Å². The summed E-state index contributed by atoms with van der Waals surface area (Å²) in [7, 11) is 0. The second kappa shape index (κ2) is 8.03. The third kappa shape index (κ3) is 4.08. The molecular weight excluding hydrogens is 362 g/mol. The molecule has 1 unspecified atom stereocenters. The summed E-state index contributed by atoms with van der Waals surface area (Å²) < 4.78 is 0. The zero-order valence-electron chi connectivity index (χ0n) is 15.4. The van der Waals surface area contributed by atoms with E-state index in [9.17, 15) is 19.7 Å². The van der Waals surface area contributed by atoms with Gasteiger partial charge in [-0.3, -0.25) is 19.7 Å². The quantitative estimate of drug-likeness (QED) is 0.601. The van der Waals surface area contributed by atoms with Crippen molar-refractivity contribution in [2.45, 2.75) is 19.8 Å². The van der Waals surface area contributed by atoms with E-state index in [1.165, 1.54) is 24.4 Å². The molecule has 1 aromatic carbocycles. The number of amides is 2. The lowest BCUT2D eigenvalue weighted by atomic mass is 9.97. The zero-order chi connectivity index (χ0) is 20.3. The predicted octanol–water partition coefficient (Wildman–Crippen LogP) is 2.25. The fraction of sp³-hybridized carbons (Fsp3) is 0.316. The summed E-state index contributed by atoms with van der Waals surface area (Å²) in [5.74, 6) is -0.231. The maximum Gasteiger partial charge on any atom is 0.273 e. The molecule has 1 saturated heterocycles. The number of anilines is 2. The summed E-state index contributed by atoms with van der Waals surface area (Å²) in [6.07, 6.45) is 3.16. The number of nitro groups is 1. The average molecular weight is 383 g/mol. The van der Waals surface area contributed by atoms with Crippen molar-refractivity contribution >= 4 is 29.0 Å². The second-order valence-corrected chi connectivity index (χ2v) is 6.75. The number of carbonyl (C=O) groups is 2. The number of primary amides is 1. The molecule has 0 spiro atoms. The molecule has 1 aliphatic heterocycles. The van der Waals surface area contributed by atoms with Crippen molar-refractivity contribution in [3.8, 4) is 0 Å². The Balaban J connectivity index is 1.71. The number of hydrogen-bond acceptors (Lipinski definition) is 6. The molecule has 0 saturated carbocycles. The summed E-state index contributed by atoms with van der Waals surface area (Å²) in [6.45, 7) is 2.86. The molecule has 1 atom stereocenters. The molecular formula is C19H21N5O4. The molecule has 3 N–H and O–H groups in total. The molecule has 0 bridgehead atoms. The van der Waals surface area contributed by atoms with Crippen LogP contribution in [0.5, 0.6) is 0 Å². The van der Waals surface area contributed by atoms with Crippen LogP contribution in [0, 0.1) is 23.0 Å². The van der Waals surface area contributed by atoms with Crippen LogP contribution in [0.3, 0.4) is 0 Å². The van der Waals surface area contributed by atoms with Crippen LogP contribution in [0.2, 0.25) is 0 Å². The summed E-state index contributed by atoms with van der Waals surface area (Å²) in [5.41, 5.74) is 6.32. The fourth-order valence-corrected chi connectivity index (χ4v) is 3.33. The van der Waals surface area contributed by atoms with Crippen LogP contribution in [-0.2, 0) is 4.79 Å². The van der Waals surface area contributed by atoms with Gasteiger partial charge in [-0.05, 0) is 38.0 Å². The molecule has 9 nitrogen and oxygen atoms in total. The summed E-state index contributed by atoms with van der Waals surface area (Å²) in [4.78, 5) is 40.8. The first kappa shape index (κ1) is 19.3. The SMILES string of the molecule is Cc1c(C(=O)Nc2ccc(N3CCCC(C(N)=O)C3)nc2)cccc1[N+](=O)[O-]. The Morgan fingerprint density at radius 2 is 2.11 bits per heavy atom. The van der Waals surface area contributed by atoms with Gasteiger partial charge in [-0.25, -0.2) is 4.98 Å². The lowest BCUT2D eigenvalue weighted by Gasteiger charge is -2.32. The van der Waals surface area contributed by atoms with Crippen LogP contribution in [0.15, 0.2) is 36.5 Å². The van der Waals surface area contributed by atoms with Crippen molar-refractivity contribution in [2.24, 2.45) is 11.7 Å². The van der Waals surface area contributed by atoms with Crippen molar-refractivity contribution < 1.29 is 14.5 Å². The smallest absolute Gasteiger partial charge is 0.273 e. The van der Waals surface area contributed by atoms with Gasteiger partial charge in [-0.1, -0.05) is 6.07 Å². The van der Waals surface area contributed by atoms with E-state index in [-0.39, 0.29) is 23.1 Å². The molecule has 2 amide bonds. The van der Waals surface area contributed by atoms with E-state index in [2.05, 4.69) is 10.3 Å². The number of carbonyl (C=O) groups excluding carboxylic acids is 2. The van der Waals surface area contributed by atoms with E-state index >= 15 is 0 Å². The lowest BCUT2D eigenvalue weighted by molar-refractivity contribution is -0.385. The minimum absolute atomic E-state index is 0.102. The molecule has 1 aliphatic rings. The fourth-order valence-electron chi connectivity index (χ4n) is 3.33. The first-order chi connectivity index (χ1) is 13.4. The van der Waals surface area contributed by atoms with Crippen molar-refractivity contribution in [1.29, 1.82) is 0 Å². The van der Waals surface area contributed by atoms with Gasteiger partial charge in [0.1, 0.15) is 5.82 Å². The van der Waals surface area contributed by atoms with E-state index in [1.54, 1.807) is 19.1 Å². The van der Waals surface area contributed by atoms with Crippen LogP contribution in [0.4, 0.5) is 17.2 Å². The Bertz CT molecular complexity index is 913. The highest BCUT2D eigenvalue weighted by atomic mass is 16.6. The average Bonchev–Trinajstić information content (AvgIpc) is 2.68. The standard InChI is InChI=1S/C19H21N5O4/c1-12-15(5-2-6-16(12)24(27)28)19(26)22-14-7-8-17(21-10-14)23-9-3-4-13(11-23)18(20)25/h2,5-8,10,13H,3-4,9,11H2,1H3,(H2,20,25)(H,22,26). The molecule has 2 heterocycles. The molecule has 3 rings (SSSR count). The van der Waals surface area contributed by atoms with Crippen LogP contribution in [-0.4, -0.2) is 34.8 Å². The van der Waals surface area contributed by atoms with Gasteiger partial charge in [0.25, 0.3) is 11.6 Å². The first-order valence-electron chi connectivity index (χ1n) is 8.92. The Morgan fingerprint density at radius 3 is 2.75 bits per heavy atom. The number of piperidine rings is 1. The van der Waals surface area contributed by atoms with Gasteiger partial charge in [0, 0.05) is 30.3 Å². The number of nitrogens with zero attached hydrogens (tertiary/aromatic N) is 3.